The summed E-state index contributed by atoms with van der Waals surface area (Å²) in [5.41, 5.74) is 12.2. The molecule has 164 valence electrons. The third kappa shape index (κ3) is 3.53. The van der Waals surface area contributed by atoms with Gasteiger partial charge in [-0.05, 0) is 74.8 Å². The fourth-order valence-electron chi connectivity index (χ4n) is 5.28. The Hall–Kier alpha value is -4.49. The summed E-state index contributed by atoms with van der Waals surface area (Å²) in [5, 5.41) is 2.47. The van der Waals surface area contributed by atoms with E-state index in [2.05, 4.69) is 127 Å². The number of benzene rings is 5. The maximum absolute atomic E-state index is 5.18. The molecule has 1 nitrogen and oxygen atoms in total. The second-order valence-corrected chi connectivity index (χ2v) is 9.26. The summed E-state index contributed by atoms with van der Waals surface area (Å²) in [6, 6.07) is 45.7. The molecule has 1 aliphatic rings. The SMILES string of the molecule is c1ccc(-c2cc(-c3ccc4c(c3)Cc3ccccc3-4)nc(-c3ccc4ccccc4c3)c2)cc1. The molecule has 1 aromatic heterocycles. The quantitative estimate of drug-likeness (QED) is 0.265. The van der Waals surface area contributed by atoms with Gasteiger partial charge in [0.1, 0.15) is 0 Å². The van der Waals surface area contributed by atoms with Crippen LogP contribution in [0.1, 0.15) is 11.1 Å². The van der Waals surface area contributed by atoms with E-state index >= 15 is 0 Å². The summed E-state index contributed by atoms with van der Waals surface area (Å²) in [5.74, 6) is 0. The van der Waals surface area contributed by atoms with Crippen LogP contribution >= 0.6 is 0 Å². The maximum Gasteiger partial charge on any atom is 0.0715 e. The van der Waals surface area contributed by atoms with Crippen LogP contribution in [-0.2, 0) is 6.42 Å². The molecule has 0 N–H and O–H groups in total. The highest BCUT2D eigenvalue weighted by Crippen LogP contribution is 2.39. The number of fused-ring (bicyclic) bond motifs is 4. The van der Waals surface area contributed by atoms with Crippen molar-refractivity contribution in [3.63, 3.8) is 0 Å². The topological polar surface area (TPSA) is 12.9 Å². The highest BCUT2D eigenvalue weighted by molar-refractivity contribution is 5.88. The Morgan fingerprint density at radius 2 is 1.06 bits per heavy atom. The molecule has 1 aliphatic carbocycles. The van der Waals surface area contributed by atoms with Gasteiger partial charge in [-0.1, -0.05) is 103 Å². The molecule has 1 heteroatoms. The van der Waals surface area contributed by atoms with Gasteiger partial charge >= 0.3 is 0 Å². The minimum absolute atomic E-state index is 0.981. The van der Waals surface area contributed by atoms with E-state index < -0.39 is 0 Å². The minimum atomic E-state index is 0.981. The van der Waals surface area contributed by atoms with Crippen LogP contribution in [0.15, 0.2) is 127 Å². The number of pyridine rings is 1. The highest BCUT2D eigenvalue weighted by atomic mass is 14.7. The van der Waals surface area contributed by atoms with E-state index in [1.165, 1.54) is 44.2 Å². The fourth-order valence-corrected chi connectivity index (χ4v) is 5.28. The summed E-state index contributed by atoms with van der Waals surface area (Å²) in [6.45, 7) is 0. The lowest BCUT2D eigenvalue weighted by atomic mass is 9.97. The van der Waals surface area contributed by atoms with Crippen molar-refractivity contribution >= 4 is 10.8 Å². The normalized spacial score (nSPS) is 11.9. The second kappa shape index (κ2) is 8.07. The van der Waals surface area contributed by atoms with Crippen molar-refractivity contribution in [2.75, 3.05) is 0 Å². The average Bonchev–Trinajstić information content (AvgIpc) is 3.31. The second-order valence-electron chi connectivity index (χ2n) is 9.26. The molecular weight excluding hydrogens is 422 g/mol. The Morgan fingerprint density at radius 3 is 1.91 bits per heavy atom. The van der Waals surface area contributed by atoms with Gasteiger partial charge in [0.25, 0.3) is 0 Å². The lowest BCUT2D eigenvalue weighted by Gasteiger charge is -2.12. The first-order valence-corrected chi connectivity index (χ1v) is 12.1. The molecule has 0 saturated heterocycles. The summed E-state index contributed by atoms with van der Waals surface area (Å²) in [4.78, 5) is 5.18. The molecule has 7 rings (SSSR count). The fraction of sp³-hybridized carbons (Fsp3) is 0.0294. The summed E-state index contributed by atoms with van der Waals surface area (Å²) >= 11 is 0. The van der Waals surface area contributed by atoms with Gasteiger partial charge in [-0.3, -0.25) is 0 Å². The number of rotatable bonds is 3. The molecule has 35 heavy (non-hydrogen) atoms. The Labute approximate surface area is 205 Å². The molecule has 0 unspecified atom stereocenters. The summed E-state index contributed by atoms with van der Waals surface area (Å²) in [7, 11) is 0. The molecular formula is C34H23N. The molecule has 0 amide bonds. The van der Waals surface area contributed by atoms with Gasteiger partial charge in [-0.15, -0.1) is 0 Å². The van der Waals surface area contributed by atoms with Crippen LogP contribution in [0.2, 0.25) is 0 Å². The van der Waals surface area contributed by atoms with Crippen molar-refractivity contribution in [3.05, 3.63) is 139 Å². The van der Waals surface area contributed by atoms with Gasteiger partial charge < -0.3 is 0 Å². The van der Waals surface area contributed by atoms with E-state index in [-0.39, 0.29) is 0 Å². The molecule has 0 spiro atoms. The predicted octanol–water partition coefficient (Wildman–Crippen LogP) is 8.81. The van der Waals surface area contributed by atoms with Crippen molar-refractivity contribution in [2.24, 2.45) is 0 Å². The predicted molar refractivity (Wildman–Crippen MR) is 146 cm³/mol. The van der Waals surface area contributed by atoms with Gasteiger partial charge in [0.2, 0.25) is 0 Å². The largest absolute Gasteiger partial charge is 0.248 e. The molecule has 0 atom stereocenters. The smallest absolute Gasteiger partial charge is 0.0715 e. The van der Waals surface area contributed by atoms with E-state index in [0.717, 1.165) is 28.9 Å². The molecule has 0 bridgehead atoms. The van der Waals surface area contributed by atoms with Crippen molar-refractivity contribution < 1.29 is 0 Å². The minimum Gasteiger partial charge on any atom is -0.248 e. The van der Waals surface area contributed by atoms with Crippen LogP contribution in [0.5, 0.6) is 0 Å². The molecule has 0 fully saturated rings. The van der Waals surface area contributed by atoms with Crippen LogP contribution in [0.4, 0.5) is 0 Å². The molecule has 0 saturated carbocycles. The van der Waals surface area contributed by atoms with Crippen molar-refractivity contribution in [1.29, 1.82) is 0 Å². The van der Waals surface area contributed by atoms with E-state index in [4.69, 9.17) is 4.98 Å². The maximum atomic E-state index is 5.18. The zero-order valence-corrected chi connectivity index (χ0v) is 19.3. The number of aromatic nitrogens is 1. The van der Waals surface area contributed by atoms with Crippen molar-refractivity contribution in [1.82, 2.24) is 4.98 Å². The molecule has 1 heterocycles. The lowest BCUT2D eigenvalue weighted by Crippen LogP contribution is -1.92. The van der Waals surface area contributed by atoms with Crippen molar-refractivity contribution in [2.45, 2.75) is 6.42 Å². The number of nitrogens with zero attached hydrogens (tertiary/aromatic N) is 1. The zero-order valence-electron chi connectivity index (χ0n) is 19.3. The van der Waals surface area contributed by atoms with Gasteiger partial charge in [-0.2, -0.15) is 0 Å². The Balaban J connectivity index is 1.39. The Bertz CT molecular complexity index is 1710. The number of hydrogen-bond donors (Lipinski definition) is 0. The Kier molecular flexibility index (Phi) is 4.60. The molecule has 5 aromatic carbocycles. The van der Waals surface area contributed by atoms with Crippen LogP contribution < -0.4 is 0 Å². The van der Waals surface area contributed by atoms with Crippen LogP contribution in [-0.4, -0.2) is 4.98 Å². The first-order valence-electron chi connectivity index (χ1n) is 12.1. The van der Waals surface area contributed by atoms with Crippen molar-refractivity contribution in [3.8, 4) is 44.8 Å². The first kappa shape index (κ1) is 19.9. The average molecular weight is 446 g/mol. The van der Waals surface area contributed by atoms with Gasteiger partial charge in [0.15, 0.2) is 0 Å². The third-order valence-electron chi connectivity index (χ3n) is 7.07. The van der Waals surface area contributed by atoms with Gasteiger partial charge in [-0.25, -0.2) is 4.98 Å². The first-order chi connectivity index (χ1) is 17.3. The van der Waals surface area contributed by atoms with Gasteiger partial charge in [0.05, 0.1) is 11.4 Å². The summed E-state index contributed by atoms with van der Waals surface area (Å²) in [6.07, 6.45) is 0.981. The summed E-state index contributed by atoms with van der Waals surface area (Å²) < 4.78 is 0. The van der Waals surface area contributed by atoms with E-state index in [1.807, 2.05) is 0 Å². The Morgan fingerprint density at radius 1 is 0.400 bits per heavy atom. The third-order valence-corrected chi connectivity index (χ3v) is 7.07. The molecule has 0 radical (unpaired) electrons. The van der Waals surface area contributed by atoms with Gasteiger partial charge in [0, 0.05) is 11.1 Å². The van der Waals surface area contributed by atoms with Crippen LogP contribution in [0.3, 0.4) is 0 Å². The van der Waals surface area contributed by atoms with E-state index in [1.54, 1.807) is 0 Å². The zero-order chi connectivity index (χ0) is 23.2. The number of hydrogen-bond acceptors (Lipinski definition) is 1. The molecule has 0 aliphatic heterocycles. The highest BCUT2D eigenvalue weighted by Gasteiger charge is 2.19. The molecule has 6 aromatic rings. The monoisotopic (exact) mass is 445 g/mol. The standard InChI is InChI=1S/C34H23N/c1-2-8-23(9-3-1)29-21-33(27-15-14-24-10-4-5-11-25(24)18-27)35-34(22-29)28-16-17-32-30(20-28)19-26-12-6-7-13-31(26)32/h1-18,20-22H,19H2. The van der Waals surface area contributed by atoms with Crippen LogP contribution in [0.25, 0.3) is 55.5 Å². The lowest BCUT2D eigenvalue weighted by molar-refractivity contribution is 1.25. The van der Waals surface area contributed by atoms with E-state index in [9.17, 15) is 0 Å². The van der Waals surface area contributed by atoms with E-state index in [0.29, 0.717) is 0 Å². The van der Waals surface area contributed by atoms with Crippen LogP contribution in [0, 0.1) is 0 Å².